The van der Waals surface area contributed by atoms with Crippen molar-refractivity contribution in [3.05, 3.63) is 34.7 Å². The van der Waals surface area contributed by atoms with E-state index in [9.17, 15) is 18.0 Å². The molecular formula is C15H17F3N4O2. The highest BCUT2D eigenvalue weighted by atomic mass is 19.4. The molecule has 3 heterocycles. The summed E-state index contributed by atoms with van der Waals surface area (Å²) in [5.74, 6) is 0.659. The second kappa shape index (κ2) is 5.95. The molecule has 130 valence electrons. The predicted octanol–water partition coefficient (Wildman–Crippen LogP) is 2.50. The van der Waals surface area contributed by atoms with Gasteiger partial charge in [0.15, 0.2) is 5.69 Å². The van der Waals surface area contributed by atoms with Gasteiger partial charge < -0.3 is 14.4 Å². The summed E-state index contributed by atoms with van der Waals surface area (Å²) in [5.41, 5.74) is 0.0618. The van der Waals surface area contributed by atoms with Crippen LogP contribution in [0.25, 0.3) is 0 Å². The number of imidazole rings is 1. The number of alkyl halides is 3. The molecule has 9 heteroatoms. The van der Waals surface area contributed by atoms with E-state index in [0.717, 1.165) is 6.20 Å². The fourth-order valence-corrected chi connectivity index (χ4v) is 2.95. The van der Waals surface area contributed by atoms with Crippen molar-refractivity contribution < 1.29 is 22.5 Å². The second-order valence-corrected chi connectivity index (χ2v) is 6.01. The van der Waals surface area contributed by atoms with E-state index in [0.29, 0.717) is 48.8 Å². The second-order valence-electron chi connectivity index (χ2n) is 6.01. The number of hydrogen-bond donors (Lipinski definition) is 1. The molecule has 2 aromatic rings. The molecule has 0 fully saturated rings. The zero-order chi connectivity index (χ0) is 17.5. The number of amides is 1. The normalized spacial score (nSPS) is 17.6. The summed E-state index contributed by atoms with van der Waals surface area (Å²) in [6, 6.07) is 0. The van der Waals surface area contributed by atoms with E-state index in [4.69, 9.17) is 4.52 Å². The van der Waals surface area contributed by atoms with Crippen LogP contribution in [0.4, 0.5) is 13.2 Å². The summed E-state index contributed by atoms with van der Waals surface area (Å²) in [4.78, 5) is 15.8. The van der Waals surface area contributed by atoms with Crippen molar-refractivity contribution in [1.82, 2.24) is 20.0 Å². The minimum atomic E-state index is -4.43. The largest absolute Gasteiger partial charge is 0.434 e. The maximum atomic E-state index is 12.7. The third-order valence-corrected chi connectivity index (χ3v) is 4.19. The minimum absolute atomic E-state index is 0.0530. The van der Waals surface area contributed by atoms with Crippen molar-refractivity contribution in [3.8, 4) is 0 Å². The molecule has 3 rings (SSSR count). The van der Waals surface area contributed by atoms with E-state index in [1.165, 1.54) is 4.57 Å². The number of carbonyl (C=O) groups excluding carboxylic acids is 1. The number of hydrogen-bond acceptors (Lipinski definition) is 4. The first-order chi connectivity index (χ1) is 11.3. The lowest BCUT2D eigenvalue weighted by molar-refractivity contribution is -0.141. The van der Waals surface area contributed by atoms with E-state index in [1.807, 2.05) is 0 Å². The van der Waals surface area contributed by atoms with Crippen LogP contribution in [0.1, 0.15) is 39.8 Å². The summed E-state index contributed by atoms with van der Waals surface area (Å²) in [6.07, 6.45) is -2.26. The lowest BCUT2D eigenvalue weighted by Crippen LogP contribution is -2.34. The fraction of sp³-hybridized carbons (Fsp3) is 0.533. The van der Waals surface area contributed by atoms with Crippen LogP contribution in [0, 0.1) is 19.8 Å². The standard InChI is InChI=1S/C15H17F3N4O2/c1-8-13(9(2)24-21-8)14(23)19-5-10-3-4-12-20-11(15(16,17)18)7-22(12)6-10/h7,10H,3-6H2,1-2H3,(H,19,23)/t10-/m1/s1. The van der Waals surface area contributed by atoms with Gasteiger partial charge >= 0.3 is 6.18 Å². The highest BCUT2D eigenvalue weighted by molar-refractivity contribution is 5.96. The molecule has 0 bridgehead atoms. The summed E-state index contributed by atoms with van der Waals surface area (Å²) in [7, 11) is 0. The number of halogens is 3. The first-order valence-electron chi connectivity index (χ1n) is 7.60. The molecule has 0 radical (unpaired) electrons. The van der Waals surface area contributed by atoms with Gasteiger partial charge in [0.1, 0.15) is 17.1 Å². The zero-order valence-corrected chi connectivity index (χ0v) is 13.3. The number of nitrogens with zero attached hydrogens (tertiary/aromatic N) is 3. The van der Waals surface area contributed by atoms with E-state index in [2.05, 4.69) is 15.5 Å². The van der Waals surface area contributed by atoms with Gasteiger partial charge in [-0.3, -0.25) is 4.79 Å². The molecule has 1 atom stereocenters. The molecule has 0 aromatic carbocycles. The molecule has 0 aliphatic carbocycles. The maximum Gasteiger partial charge on any atom is 0.434 e. The Morgan fingerprint density at radius 1 is 1.46 bits per heavy atom. The van der Waals surface area contributed by atoms with Crippen LogP contribution in [-0.4, -0.2) is 27.2 Å². The molecule has 1 aliphatic rings. The Morgan fingerprint density at radius 2 is 2.21 bits per heavy atom. The average molecular weight is 342 g/mol. The lowest BCUT2D eigenvalue weighted by Gasteiger charge is -2.23. The van der Waals surface area contributed by atoms with Crippen molar-refractivity contribution in [2.75, 3.05) is 6.54 Å². The van der Waals surface area contributed by atoms with E-state index < -0.39 is 11.9 Å². The van der Waals surface area contributed by atoms with Gasteiger partial charge in [-0.1, -0.05) is 5.16 Å². The molecule has 1 aliphatic heterocycles. The fourth-order valence-electron chi connectivity index (χ4n) is 2.95. The summed E-state index contributed by atoms with van der Waals surface area (Å²) >= 11 is 0. The van der Waals surface area contributed by atoms with Crippen molar-refractivity contribution in [2.24, 2.45) is 5.92 Å². The SMILES string of the molecule is Cc1noc(C)c1C(=O)NC[C@H]1CCc2nc(C(F)(F)F)cn2C1. The monoisotopic (exact) mass is 342 g/mol. The van der Waals surface area contributed by atoms with Crippen molar-refractivity contribution in [1.29, 1.82) is 0 Å². The zero-order valence-electron chi connectivity index (χ0n) is 13.3. The minimum Gasteiger partial charge on any atom is -0.361 e. The lowest BCUT2D eigenvalue weighted by atomic mass is 9.99. The predicted molar refractivity (Wildman–Crippen MR) is 77.4 cm³/mol. The average Bonchev–Trinajstić information content (AvgIpc) is 3.07. The van der Waals surface area contributed by atoms with Crippen molar-refractivity contribution in [2.45, 2.75) is 39.4 Å². The van der Waals surface area contributed by atoms with Gasteiger partial charge in [0.25, 0.3) is 5.91 Å². The van der Waals surface area contributed by atoms with Crippen LogP contribution in [0.5, 0.6) is 0 Å². The van der Waals surface area contributed by atoms with Crippen molar-refractivity contribution >= 4 is 5.91 Å². The van der Waals surface area contributed by atoms with Gasteiger partial charge in [-0.2, -0.15) is 13.2 Å². The van der Waals surface area contributed by atoms with Gasteiger partial charge in [0, 0.05) is 25.7 Å². The number of nitrogens with one attached hydrogen (secondary N) is 1. The van der Waals surface area contributed by atoms with E-state index in [-0.39, 0.29) is 11.8 Å². The Balaban J connectivity index is 1.62. The van der Waals surface area contributed by atoms with Crippen LogP contribution in [0.2, 0.25) is 0 Å². The van der Waals surface area contributed by atoms with Crippen LogP contribution >= 0.6 is 0 Å². The third kappa shape index (κ3) is 3.15. The van der Waals surface area contributed by atoms with Crippen LogP contribution < -0.4 is 5.32 Å². The molecule has 0 saturated heterocycles. The number of carbonyl (C=O) groups is 1. The van der Waals surface area contributed by atoms with E-state index >= 15 is 0 Å². The van der Waals surface area contributed by atoms with Crippen LogP contribution in [0.3, 0.4) is 0 Å². The number of rotatable bonds is 3. The summed E-state index contributed by atoms with van der Waals surface area (Å²) < 4.78 is 44.6. The topological polar surface area (TPSA) is 73.0 Å². The first-order valence-corrected chi connectivity index (χ1v) is 7.60. The van der Waals surface area contributed by atoms with Gasteiger partial charge in [-0.05, 0) is 26.2 Å². The first kappa shape index (κ1) is 16.5. The molecule has 24 heavy (non-hydrogen) atoms. The van der Waals surface area contributed by atoms with Gasteiger partial charge in [0.05, 0.1) is 5.69 Å². The highest BCUT2D eigenvalue weighted by Crippen LogP contribution is 2.30. The molecule has 0 unspecified atom stereocenters. The van der Waals surface area contributed by atoms with Crippen LogP contribution in [-0.2, 0) is 19.1 Å². The smallest absolute Gasteiger partial charge is 0.361 e. The Kier molecular flexibility index (Phi) is 4.10. The Labute approximate surface area is 136 Å². The Hall–Kier alpha value is -2.32. The molecule has 1 amide bonds. The highest BCUT2D eigenvalue weighted by Gasteiger charge is 2.35. The van der Waals surface area contributed by atoms with Crippen molar-refractivity contribution in [3.63, 3.8) is 0 Å². The number of fused-ring (bicyclic) bond motifs is 1. The number of aromatic nitrogens is 3. The van der Waals surface area contributed by atoms with Gasteiger partial charge in [0.2, 0.25) is 0 Å². The molecule has 1 N–H and O–H groups in total. The molecule has 0 spiro atoms. The Morgan fingerprint density at radius 3 is 2.83 bits per heavy atom. The molecule has 6 nitrogen and oxygen atoms in total. The molecule has 2 aromatic heterocycles. The maximum absolute atomic E-state index is 12.7. The Bertz CT molecular complexity index is 744. The molecule has 0 saturated carbocycles. The summed E-state index contributed by atoms with van der Waals surface area (Å²) in [5, 5.41) is 6.54. The summed E-state index contributed by atoms with van der Waals surface area (Å²) in [6.45, 7) is 4.12. The third-order valence-electron chi connectivity index (χ3n) is 4.19. The molecular weight excluding hydrogens is 325 g/mol. The van der Waals surface area contributed by atoms with Gasteiger partial charge in [-0.15, -0.1) is 0 Å². The van der Waals surface area contributed by atoms with Crippen LogP contribution in [0.15, 0.2) is 10.7 Å². The van der Waals surface area contributed by atoms with Gasteiger partial charge in [-0.25, -0.2) is 4.98 Å². The van der Waals surface area contributed by atoms with E-state index in [1.54, 1.807) is 13.8 Å². The quantitative estimate of drug-likeness (QED) is 0.930. The number of aryl methyl sites for hydroxylation is 3.